The summed E-state index contributed by atoms with van der Waals surface area (Å²) in [6.45, 7) is 1.28. The zero-order chi connectivity index (χ0) is 15.9. The maximum atomic E-state index is 11.9. The molecule has 1 aromatic carbocycles. The van der Waals surface area contributed by atoms with Crippen molar-refractivity contribution in [2.24, 2.45) is 0 Å². The number of hydrogen-bond acceptors (Lipinski definition) is 3. The van der Waals surface area contributed by atoms with Gasteiger partial charge in [0.05, 0.1) is 11.3 Å². The van der Waals surface area contributed by atoms with Gasteiger partial charge in [-0.2, -0.15) is 18.4 Å². The van der Waals surface area contributed by atoms with Crippen molar-refractivity contribution in [2.75, 3.05) is 11.9 Å². The van der Waals surface area contributed by atoms with Crippen LogP contribution in [0.2, 0.25) is 0 Å². The van der Waals surface area contributed by atoms with Gasteiger partial charge in [-0.15, -0.1) is 0 Å². The quantitative estimate of drug-likeness (QED) is 0.820. The van der Waals surface area contributed by atoms with Crippen LogP contribution in [0.25, 0.3) is 0 Å². The molecule has 0 spiro atoms. The number of rotatable bonds is 6. The molecule has 0 fully saturated rings. The van der Waals surface area contributed by atoms with Crippen LogP contribution in [0, 0.1) is 11.3 Å². The number of carbonyl (C=O) groups excluding carboxylic acids is 1. The molecule has 0 aliphatic heterocycles. The summed E-state index contributed by atoms with van der Waals surface area (Å²) < 4.78 is 40.9. The normalized spacial score (nSPS) is 12.5. The second-order valence-corrected chi connectivity index (χ2v) is 4.38. The van der Waals surface area contributed by atoms with Crippen molar-refractivity contribution in [3.63, 3.8) is 0 Å². The van der Waals surface area contributed by atoms with Gasteiger partial charge >= 0.3 is 6.18 Å². The van der Waals surface area contributed by atoms with E-state index in [0.717, 1.165) is 0 Å². The molecule has 0 radical (unpaired) electrons. The summed E-state index contributed by atoms with van der Waals surface area (Å²) in [5, 5.41) is 11.4. The minimum absolute atomic E-state index is 0.159. The minimum Gasteiger partial charge on any atom is -0.369 e. The molecule has 1 aromatic rings. The highest BCUT2D eigenvalue weighted by Gasteiger charge is 2.26. The van der Waals surface area contributed by atoms with E-state index in [1.165, 1.54) is 6.92 Å². The number of amides is 1. The van der Waals surface area contributed by atoms with Crippen molar-refractivity contribution in [1.82, 2.24) is 0 Å². The van der Waals surface area contributed by atoms with Crippen LogP contribution in [0.5, 0.6) is 0 Å². The Morgan fingerprint density at radius 2 is 2.10 bits per heavy atom. The fourth-order valence-corrected chi connectivity index (χ4v) is 1.53. The molecule has 0 aliphatic carbocycles. The number of benzene rings is 1. The number of nitriles is 1. The first kappa shape index (κ1) is 17.0. The standard InChI is InChI=1S/C14H15F3N2O2/c1-10(21-8-4-7-14(15,16)17)13(20)19-12-6-3-2-5-11(12)9-18/h2-3,5-6,10H,4,7-8H2,1H3,(H,19,20). The molecule has 4 nitrogen and oxygen atoms in total. The highest BCUT2D eigenvalue weighted by molar-refractivity contribution is 5.95. The molecular weight excluding hydrogens is 285 g/mol. The van der Waals surface area contributed by atoms with E-state index in [4.69, 9.17) is 10.00 Å². The fraction of sp³-hybridized carbons (Fsp3) is 0.429. The van der Waals surface area contributed by atoms with Gasteiger partial charge < -0.3 is 10.1 Å². The van der Waals surface area contributed by atoms with Crippen LogP contribution in [0.3, 0.4) is 0 Å². The van der Waals surface area contributed by atoms with Gasteiger partial charge in [-0.25, -0.2) is 0 Å². The predicted octanol–water partition coefficient (Wildman–Crippen LogP) is 3.24. The van der Waals surface area contributed by atoms with Crippen LogP contribution in [0.4, 0.5) is 18.9 Å². The minimum atomic E-state index is -4.22. The molecule has 0 aliphatic rings. The van der Waals surface area contributed by atoms with E-state index in [1.807, 2.05) is 6.07 Å². The van der Waals surface area contributed by atoms with Gasteiger partial charge in [0.25, 0.3) is 5.91 Å². The molecule has 114 valence electrons. The van der Waals surface area contributed by atoms with Gasteiger partial charge in [-0.05, 0) is 25.5 Å². The third-order valence-corrected chi connectivity index (χ3v) is 2.65. The van der Waals surface area contributed by atoms with Crippen molar-refractivity contribution in [1.29, 1.82) is 5.26 Å². The van der Waals surface area contributed by atoms with Crippen LogP contribution in [0.1, 0.15) is 25.3 Å². The number of carbonyl (C=O) groups is 1. The lowest BCUT2D eigenvalue weighted by molar-refractivity contribution is -0.140. The number of alkyl halides is 3. The monoisotopic (exact) mass is 300 g/mol. The van der Waals surface area contributed by atoms with Gasteiger partial charge in [-0.1, -0.05) is 12.1 Å². The van der Waals surface area contributed by atoms with Gasteiger partial charge in [-0.3, -0.25) is 4.79 Å². The van der Waals surface area contributed by atoms with Crippen molar-refractivity contribution in [3.8, 4) is 6.07 Å². The maximum Gasteiger partial charge on any atom is 0.389 e. The van der Waals surface area contributed by atoms with E-state index in [-0.39, 0.29) is 13.0 Å². The van der Waals surface area contributed by atoms with E-state index in [2.05, 4.69) is 5.32 Å². The first-order valence-corrected chi connectivity index (χ1v) is 6.32. The highest BCUT2D eigenvalue weighted by atomic mass is 19.4. The Morgan fingerprint density at radius 1 is 1.43 bits per heavy atom. The SMILES string of the molecule is CC(OCCCC(F)(F)F)C(=O)Nc1ccccc1C#N. The second kappa shape index (κ2) is 7.64. The molecule has 0 aromatic heterocycles. The molecule has 21 heavy (non-hydrogen) atoms. The molecule has 0 saturated carbocycles. The Balaban J connectivity index is 2.43. The summed E-state index contributed by atoms with van der Waals surface area (Å²) in [6.07, 6.45) is -6.26. The molecule has 1 amide bonds. The highest BCUT2D eigenvalue weighted by Crippen LogP contribution is 2.21. The molecule has 0 bridgehead atoms. The number of anilines is 1. The first-order chi connectivity index (χ1) is 9.83. The number of nitrogens with one attached hydrogen (secondary N) is 1. The summed E-state index contributed by atoms with van der Waals surface area (Å²) in [5.74, 6) is -0.510. The van der Waals surface area contributed by atoms with Crippen LogP contribution in [-0.4, -0.2) is 24.8 Å². The Kier molecular flexibility index (Phi) is 6.18. The van der Waals surface area contributed by atoms with Gasteiger partial charge in [0.1, 0.15) is 12.2 Å². The summed E-state index contributed by atoms with van der Waals surface area (Å²) in [4.78, 5) is 11.8. The summed E-state index contributed by atoms with van der Waals surface area (Å²) in [7, 11) is 0. The van der Waals surface area contributed by atoms with Crippen molar-refractivity contribution >= 4 is 11.6 Å². The molecule has 1 atom stereocenters. The third kappa shape index (κ3) is 6.27. The smallest absolute Gasteiger partial charge is 0.369 e. The van der Waals surface area contributed by atoms with E-state index >= 15 is 0 Å². The zero-order valence-corrected chi connectivity index (χ0v) is 11.4. The van der Waals surface area contributed by atoms with Gasteiger partial charge in [0.2, 0.25) is 0 Å². The summed E-state index contributed by atoms with van der Waals surface area (Å²) in [5.41, 5.74) is 0.644. The number of hydrogen-bond donors (Lipinski definition) is 1. The Labute approximate surface area is 120 Å². The molecule has 0 heterocycles. The lowest BCUT2D eigenvalue weighted by Crippen LogP contribution is -2.28. The van der Waals surface area contributed by atoms with E-state index in [1.54, 1.807) is 24.3 Å². The number of nitrogens with zero attached hydrogens (tertiary/aromatic N) is 1. The van der Waals surface area contributed by atoms with Crippen molar-refractivity contribution in [3.05, 3.63) is 29.8 Å². The second-order valence-electron chi connectivity index (χ2n) is 4.38. The lowest BCUT2D eigenvalue weighted by Gasteiger charge is -2.14. The molecule has 7 heteroatoms. The van der Waals surface area contributed by atoms with E-state index in [9.17, 15) is 18.0 Å². The molecular formula is C14H15F3N2O2. The summed E-state index contributed by atoms with van der Waals surface area (Å²) in [6, 6.07) is 8.35. The molecule has 1 rings (SSSR count). The average Bonchev–Trinajstić information content (AvgIpc) is 2.42. The van der Waals surface area contributed by atoms with Gasteiger partial charge in [0, 0.05) is 13.0 Å². The zero-order valence-electron chi connectivity index (χ0n) is 11.4. The fourth-order valence-electron chi connectivity index (χ4n) is 1.53. The predicted molar refractivity (Wildman–Crippen MR) is 70.5 cm³/mol. The summed E-state index contributed by atoms with van der Waals surface area (Å²) >= 11 is 0. The Bertz CT molecular complexity index is 524. The Hall–Kier alpha value is -2.07. The largest absolute Gasteiger partial charge is 0.389 e. The number of ether oxygens (including phenoxy) is 1. The van der Waals surface area contributed by atoms with Crippen LogP contribution < -0.4 is 5.32 Å². The van der Waals surface area contributed by atoms with Crippen LogP contribution >= 0.6 is 0 Å². The molecule has 1 unspecified atom stereocenters. The van der Waals surface area contributed by atoms with Crippen molar-refractivity contribution in [2.45, 2.75) is 32.0 Å². The molecule has 0 saturated heterocycles. The van der Waals surface area contributed by atoms with E-state index in [0.29, 0.717) is 11.3 Å². The third-order valence-electron chi connectivity index (χ3n) is 2.65. The van der Waals surface area contributed by atoms with E-state index < -0.39 is 24.6 Å². The average molecular weight is 300 g/mol. The molecule has 1 N–H and O–H groups in total. The topological polar surface area (TPSA) is 62.1 Å². The maximum absolute atomic E-state index is 11.9. The Morgan fingerprint density at radius 3 is 2.71 bits per heavy atom. The van der Waals surface area contributed by atoms with Crippen LogP contribution in [-0.2, 0) is 9.53 Å². The van der Waals surface area contributed by atoms with Gasteiger partial charge in [0.15, 0.2) is 0 Å². The van der Waals surface area contributed by atoms with Crippen molar-refractivity contribution < 1.29 is 22.7 Å². The number of para-hydroxylation sites is 1. The lowest BCUT2D eigenvalue weighted by atomic mass is 10.2. The van der Waals surface area contributed by atoms with Crippen LogP contribution in [0.15, 0.2) is 24.3 Å². The first-order valence-electron chi connectivity index (χ1n) is 6.32. The number of halogens is 3.